The van der Waals surface area contributed by atoms with Gasteiger partial charge in [0, 0.05) is 43.1 Å². The normalized spacial score (nSPS) is 28.9. The van der Waals surface area contributed by atoms with Crippen LogP contribution in [-0.2, 0) is 7.05 Å². The lowest BCUT2D eigenvalue weighted by atomic mass is 9.88. The standard InChI is InChI=1S/C16H20N4/c1-19-15(7-9-18-19)12-10-13-5-6-14(11-12)20(13)16-4-2-3-8-17-16/h2-4,7-9,12-14H,5-6,10-11H2,1H3/t12?,13-,14+. The van der Waals surface area contributed by atoms with Crippen LogP contribution in [0.3, 0.4) is 0 Å². The Kier molecular flexibility index (Phi) is 2.76. The smallest absolute Gasteiger partial charge is 0.128 e. The van der Waals surface area contributed by atoms with Crippen molar-refractivity contribution in [2.75, 3.05) is 4.90 Å². The lowest BCUT2D eigenvalue weighted by molar-refractivity contribution is 0.398. The van der Waals surface area contributed by atoms with Crippen LogP contribution in [-0.4, -0.2) is 26.8 Å². The first kappa shape index (κ1) is 11.9. The predicted octanol–water partition coefficient (Wildman–Crippen LogP) is 2.73. The minimum atomic E-state index is 0.642. The van der Waals surface area contributed by atoms with E-state index in [1.165, 1.54) is 31.4 Å². The quantitative estimate of drug-likeness (QED) is 0.840. The zero-order valence-corrected chi connectivity index (χ0v) is 11.8. The van der Waals surface area contributed by atoms with Crippen molar-refractivity contribution in [2.45, 2.75) is 43.7 Å². The van der Waals surface area contributed by atoms with Gasteiger partial charge in [-0.1, -0.05) is 6.07 Å². The number of hydrogen-bond donors (Lipinski definition) is 0. The molecule has 2 aliphatic rings. The summed E-state index contributed by atoms with van der Waals surface area (Å²) in [5, 5.41) is 4.33. The minimum absolute atomic E-state index is 0.642. The Labute approximate surface area is 119 Å². The summed E-state index contributed by atoms with van der Waals surface area (Å²) >= 11 is 0. The van der Waals surface area contributed by atoms with E-state index >= 15 is 0 Å². The molecule has 4 heteroatoms. The maximum absolute atomic E-state index is 4.56. The van der Waals surface area contributed by atoms with Crippen molar-refractivity contribution < 1.29 is 0 Å². The van der Waals surface area contributed by atoms with Crippen LogP contribution in [0.5, 0.6) is 0 Å². The van der Waals surface area contributed by atoms with Gasteiger partial charge >= 0.3 is 0 Å². The summed E-state index contributed by atoms with van der Waals surface area (Å²) in [6, 6.07) is 9.70. The molecule has 2 fully saturated rings. The molecule has 3 atom stereocenters. The first-order valence-electron chi connectivity index (χ1n) is 7.50. The number of fused-ring (bicyclic) bond motifs is 2. The van der Waals surface area contributed by atoms with Crippen molar-refractivity contribution in [3.05, 3.63) is 42.4 Å². The van der Waals surface area contributed by atoms with E-state index in [2.05, 4.69) is 40.2 Å². The maximum Gasteiger partial charge on any atom is 0.128 e. The van der Waals surface area contributed by atoms with E-state index in [1.807, 2.05) is 23.1 Å². The van der Waals surface area contributed by atoms with Crippen LogP contribution < -0.4 is 4.90 Å². The first-order valence-corrected chi connectivity index (χ1v) is 7.50. The van der Waals surface area contributed by atoms with E-state index in [0.29, 0.717) is 18.0 Å². The molecule has 0 aromatic carbocycles. The number of aromatic nitrogens is 3. The Balaban J connectivity index is 1.60. The average molecular weight is 268 g/mol. The van der Waals surface area contributed by atoms with Crippen molar-refractivity contribution in [1.29, 1.82) is 0 Å². The van der Waals surface area contributed by atoms with Gasteiger partial charge in [0.2, 0.25) is 0 Å². The molecule has 0 N–H and O–H groups in total. The largest absolute Gasteiger partial charge is 0.351 e. The molecule has 0 aliphatic carbocycles. The third kappa shape index (κ3) is 1.82. The molecular weight excluding hydrogens is 248 g/mol. The first-order chi connectivity index (χ1) is 9.83. The minimum Gasteiger partial charge on any atom is -0.351 e. The highest BCUT2D eigenvalue weighted by molar-refractivity contribution is 5.44. The van der Waals surface area contributed by atoms with Gasteiger partial charge in [-0.05, 0) is 43.9 Å². The van der Waals surface area contributed by atoms with E-state index < -0.39 is 0 Å². The van der Waals surface area contributed by atoms with Gasteiger partial charge in [-0.3, -0.25) is 4.68 Å². The number of pyridine rings is 1. The third-order valence-electron chi connectivity index (χ3n) is 4.92. The molecule has 104 valence electrons. The molecular formula is C16H20N4. The van der Waals surface area contributed by atoms with Crippen molar-refractivity contribution >= 4 is 5.82 Å². The van der Waals surface area contributed by atoms with E-state index in [4.69, 9.17) is 0 Å². The van der Waals surface area contributed by atoms with Gasteiger partial charge < -0.3 is 4.90 Å². The average Bonchev–Trinajstić information content (AvgIpc) is 3.01. The topological polar surface area (TPSA) is 34.0 Å². The molecule has 4 nitrogen and oxygen atoms in total. The fraction of sp³-hybridized carbons (Fsp3) is 0.500. The Morgan fingerprint density at radius 1 is 1.05 bits per heavy atom. The SMILES string of the molecule is Cn1nccc1C1C[C@H]2CC[C@@H](C1)N2c1ccccn1. The van der Waals surface area contributed by atoms with Gasteiger partial charge in [0.25, 0.3) is 0 Å². The van der Waals surface area contributed by atoms with E-state index in [0.717, 1.165) is 5.82 Å². The molecule has 2 aromatic heterocycles. The van der Waals surface area contributed by atoms with Crippen LogP contribution in [0.2, 0.25) is 0 Å². The summed E-state index contributed by atoms with van der Waals surface area (Å²) in [6.07, 6.45) is 8.88. The summed E-state index contributed by atoms with van der Waals surface area (Å²) in [5.41, 5.74) is 1.39. The number of nitrogens with zero attached hydrogens (tertiary/aromatic N) is 4. The number of piperidine rings is 1. The lowest BCUT2D eigenvalue weighted by Crippen LogP contribution is -2.43. The Morgan fingerprint density at radius 3 is 2.45 bits per heavy atom. The molecule has 4 heterocycles. The molecule has 0 amide bonds. The highest BCUT2D eigenvalue weighted by Gasteiger charge is 2.42. The molecule has 4 rings (SSSR count). The molecule has 2 aromatic rings. The molecule has 0 spiro atoms. The van der Waals surface area contributed by atoms with Crippen molar-refractivity contribution in [3.63, 3.8) is 0 Å². The highest BCUT2D eigenvalue weighted by Crippen LogP contribution is 2.44. The van der Waals surface area contributed by atoms with Crippen LogP contribution in [0.1, 0.15) is 37.3 Å². The van der Waals surface area contributed by atoms with Crippen LogP contribution in [0.4, 0.5) is 5.82 Å². The van der Waals surface area contributed by atoms with E-state index in [-0.39, 0.29) is 0 Å². The van der Waals surface area contributed by atoms with Crippen LogP contribution >= 0.6 is 0 Å². The number of aryl methyl sites for hydroxylation is 1. The molecule has 0 radical (unpaired) electrons. The fourth-order valence-corrected chi connectivity index (χ4v) is 4.08. The Hall–Kier alpha value is -1.84. The Bertz CT molecular complexity index is 578. The lowest BCUT2D eigenvalue weighted by Gasteiger charge is -2.39. The second-order valence-corrected chi connectivity index (χ2v) is 6.03. The summed E-state index contributed by atoms with van der Waals surface area (Å²) < 4.78 is 2.04. The van der Waals surface area contributed by atoms with Gasteiger partial charge in [0.1, 0.15) is 5.82 Å². The summed E-state index contributed by atoms with van der Waals surface area (Å²) in [7, 11) is 2.06. The van der Waals surface area contributed by atoms with Gasteiger partial charge in [0.05, 0.1) is 0 Å². The van der Waals surface area contributed by atoms with E-state index in [1.54, 1.807) is 0 Å². The summed E-state index contributed by atoms with van der Waals surface area (Å²) in [4.78, 5) is 7.12. The second-order valence-electron chi connectivity index (χ2n) is 6.03. The molecule has 20 heavy (non-hydrogen) atoms. The molecule has 2 bridgehead atoms. The molecule has 2 aliphatic heterocycles. The Morgan fingerprint density at radius 2 is 1.85 bits per heavy atom. The van der Waals surface area contributed by atoms with Crippen molar-refractivity contribution in [2.24, 2.45) is 7.05 Å². The molecule has 2 saturated heterocycles. The summed E-state index contributed by atoms with van der Waals surface area (Å²) in [5.74, 6) is 1.81. The molecule has 0 saturated carbocycles. The third-order valence-corrected chi connectivity index (χ3v) is 4.92. The van der Waals surface area contributed by atoms with Gasteiger partial charge in [-0.2, -0.15) is 5.10 Å². The number of rotatable bonds is 2. The summed E-state index contributed by atoms with van der Waals surface area (Å²) in [6.45, 7) is 0. The molecule has 1 unspecified atom stereocenters. The number of anilines is 1. The van der Waals surface area contributed by atoms with Gasteiger partial charge in [-0.25, -0.2) is 4.98 Å². The van der Waals surface area contributed by atoms with Crippen molar-refractivity contribution in [3.8, 4) is 0 Å². The monoisotopic (exact) mass is 268 g/mol. The predicted molar refractivity (Wildman–Crippen MR) is 78.7 cm³/mol. The van der Waals surface area contributed by atoms with E-state index in [9.17, 15) is 0 Å². The zero-order chi connectivity index (χ0) is 13.5. The highest BCUT2D eigenvalue weighted by atomic mass is 15.3. The second kappa shape index (κ2) is 4.62. The van der Waals surface area contributed by atoms with Crippen LogP contribution in [0, 0.1) is 0 Å². The maximum atomic E-state index is 4.56. The number of hydrogen-bond acceptors (Lipinski definition) is 3. The van der Waals surface area contributed by atoms with Crippen LogP contribution in [0.25, 0.3) is 0 Å². The van der Waals surface area contributed by atoms with Crippen LogP contribution in [0.15, 0.2) is 36.7 Å². The fourth-order valence-electron chi connectivity index (χ4n) is 4.08. The zero-order valence-electron chi connectivity index (χ0n) is 11.8. The van der Waals surface area contributed by atoms with Crippen molar-refractivity contribution in [1.82, 2.24) is 14.8 Å². The van der Waals surface area contributed by atoms with Gasteiger partial charge in [0.15, 0.2) is 0 Å². The van der Waals surface area contributed by atoms with Gasteiger partial charge in [-0.15, -0.1) is 0 Å².